The second-order valence-corrected chi connectivity index (χ2v) is 21.5. The SMILES string of the molecule is [2H]c1c([2H])c2c(c([2H])c1-c1ccc3c(c1)-c1cccc(-c4c(C([2H])([2H])[2H])cccc4C([2H])([2H])[2H])c1-[n+]1[c-]n(-c4[c-]c(Oc5[c-]c6c(cc5)c5ccccc5n6-c5cc(C(C)(C)C)ccn5)ccc4)c4cccc(c41)-c1ccccc1-3)C(C([2H])([2H])[2H])(C([2H])([2H])[2H])C([2H])(C)C([2H])([2H])C2(C([2H])([2H])[2H])C([2H])([2H])[2H].[Pt]. The molecule has 3 aromatic heterocycles. The van der Waals surface area contributed by atoms with Crippen LogP contribution in [0, 0.1) is 38.1 Å². The van der Waals surface area contributed by atoms with Crippen molar-refractivity contribution in [2.45, 2.75) is 91.4 Å². The standard InChI is InChI=1S/C75H64N4O.Pt/c1-46-19-15-20-47(2)70(46)62-28-17-26-61-63-39-49(50-32-36-64-65(40-50)75(9,10)48(3)44-74(64,7)8)31-34-57(63)55-23-11-12-24-56(55)60-27-18-30-67-72(60)78(71(61)62)45-77(67)52-21-16-22-53(42-52)80-54-33-35-59-58-25-13-14-29-66(58)79(68(59)43-54)69-41-51(37-38-76-69)73(4,5)6;/h11-41,48H,44H2,1-10H3;/q-2;/i1D3,2D3,7D3,8D3,9D3,10D3,32D,36D,40D,44D2,48D;. The maximum absolute atomic E-state index is 10.3. The largest absolute Gasteiger partial charge is 0.510 e. The van der Waals surface area contributed by atoms with Crippen LogP contribution in [0.15, 0.2) is 188 Å². The molecule has 5 nitrogen and oxygen atoms in total. The van der Waals surface area contributed by atoms with Gasteiger partial charge in [0.15, 0.2) is 0 Å². The van der Waals surface area contributed by atoms with Gasteiger partial charge in [-0.1, -0.05) is 188 Å². The number of benzene rings is 9. The first-order valence-corrected chi connectivity index (χ1v) is 26.1. The van der Waals surface area contributed by atoms with Crippen LogP contribution in [-0.2, 0) is 37.3 Å². The fourth-order valence-electron chi connectivity index (χ4n) is 11.5. The summed E-state index contributed by atoms with van der Waals surface area (Å²) in [6, 6.07) is 50.0. The van der Waals surface area contributed by atoms with Gasteiger partial charge in [-0.15, -0.1) is 29.7 Å². The summed E-state index contributed by atoms with van der Waals surface area (Å²) in [5, 5.41) is 1.88. The number of imidazole rings is 1. The van der Waals surface area contributed by atoms with E-state index in [1.807, 2.05) is 77.4 Å². The molecule has 81 heavy (non-hydrogen) atoms. The maximum Gasteiger partial charge on any atom is 0.268 e. The van der Waals surface area contributed by atoms with E-state index in [1.54, 1.807) is 69.9 Å². The Hall–Kier alpha value is -8.11. The normalized spacial score (nSPS) is 21.8. The number of hydrogen-bond donors (Lipinski definition) is 0. The van der Waals surface area contributed by atoms with Crippen molar-refractivity contribution in [1.29, 1.82) is 0 Å². The van der Waals surface area contributed by atoms with Crippen molar-refractivity contribution in [3.8, 4) is 84.3 Å². The predicted molar refractivity (Wildman–Crippen MR) is 329 cm³/mol. The van der Waals surface area contributed by atoms with E-state index in [9.17, 15) is 8.22 Å². The predicted octanol–water partition coefficient (Wildman–Crippen LogP) is 18.7. The van der Waals surface area contributed by atoms with Crippen molar-refractivity contribution < 1.29 is 63.3 Å². The second-order valence-electron chi connectivity index (χ2n) is 21.5. The van der Waals surface area contributed by atoms with Gasteiger partial charge < -0.3 is 13.9 Å². The molecule has 12 aromatic rings. The topological polar surface area (TPSA) is 35.9 Å². The van der Waals surface area contributed by atoms with E-state index in [-0.39, 0.29) is 76.9 Å². The Morgan fingerprint density at radius 3 is 2.17 bits per heavy atom. The molecule has 0 N–H and O–H groups in total. The van der Waals surface area contributed by atoms with E-state index in [0.29, 0.717) is 63.0 Å². The second kappa shape index (κ2) is 19.3. The first-order chi connectivity index (χ1) is 48.3. The number of hydrogen-bond acceptors (Lipinski definition) is 2. The Labute approximate surface area is 524 Å². The molecule has 1 atom stereocenters. The van der Waals surface area contributed by atoms with Crippen LogP contribution in [0.25, 0.3) is 106 Å². The maximum atomic E-state index is 10.3. The van der Waals surface area contributed by atoms with Crippen LogP contribution in [0.5, 0.6) is 11.5 Å². The summed E-state index contributed by atoms with van der Waals surface area (Å²) >= 11 is 0. The Bertz CT molecular complexity index is 5510. The van der Waals surface area contributed by atoms with Crippen LogP contribution in [-0.4, -0.2) is 14.1 Å². The van der Waals surface area contributed by atoms with Gasteiger partial charge in [0.2, 0.25) is 0 Å². The van der Waals surface area contributed by atoms with Crippen molar-refractivity contribution >= 4 is 32.8 Å². The number of para-hydroxylation sites is 3. The van der Waals surface area contributed by atoms with E-state index in [2.05, 4.69) is 45.3 Å². The van der Waals surface area contributed by atoms with E-state index >= 15 is 0 Å². The Morgan fingerprint density at radius 1 is 0.667 bits per heavy atom. The fraction of sp³-hybridized carbons (Fsp3) is 0.200. The first kappa shape index (κ1) is 31.8. The van der Waals surface area contributed by atoms with E-state index in [4.69, 9.17) is 34.4 Å². The molecule has 6 heteroatoms. The number of rotatable bonds is 6. The van der Waals surface area contributed by atoms with Crippen molar-refractivity contribution in [1.82, 2.24) is 14.1 Å². The quantitative estimate of drug-likeness (QED) is 0.123. The Balaban J connectivity index is 0.00000978. The average Bonchev–Trinajstić information content (AvgIpc) is 1.15. The molecule has 2 aliphatic rings. The molecule has 0 bridgehead atoms. The van der Waals surface area contributed by atoms with Gasteiger partial charge in [0.25, 0.3) is 6.33 Å². The fourth-order valence-corrected chi connectivity index (χ4v) is 11.5. The molecule has 1 unspecified atom stereocenters. The minimum Gasteiger partial charge on any atom is -0.510 e. The van der Waals surface area contributed by atoms with Crippen LogP contribution >= 0.6 is 0 Å². The molecule has 0 saturated heterocycles. The zero-order valence-electron chi connectivity index (χ0n) is 68.2. The summed E-state index contributed by atoms with van der Waals surface area (Å²) in [4.78, 5) is 4.83. The minimum atomic E-state index is -4.22. The smallest absolute Gasteiger partial charge is 0.268 e. The van der Waals surface area contributed by atoms with Gasteiger partial charge in [-0.25, -0.2) is 4.98 Å². The zero-order valence-corrected chi connectivity index (χ0v) is 46.5. The summed E-state index contributed by atoms with van der Waals surface area (Å²) in [5.74, 6) is -2.56. The molecule has 4 heterocycles. The van der Waals surface area contributed by atoms with E-state index in [0.717, 1.165) is 21.9 Å². The van der Waals surface area contributed by atoms with Crippen LogP contribution in [0.3, 0.4) is 0 Å². The third-order valence-electron chi connectivity index (χ3n) is 15.5. The number of aromatic nitrogens is 4. The third-order valence-corrected chi connectivity index (χ3v) is 15.5. The monoisotopic (exact) mass is 1260 g/mol. The summed E-state index contributed by atoms with van der Waals surface area (Å²) in [6.07, 6.45) is 1.13. The Morgan fingerprint density at radius 2 is 1.37 bits per heavy atom. The number of nitrogens with zero attached hydrogens (tertiary/aromatic N) is 4. The van der Waals surface area contributed by atoms with Crippen molar-refractivity contribution in [2.75, 3.05) is 0 Å². The molecule has 0 saturated carbocycles. The van der Waals surface area contributed by atoms with Gasteiger partial charge in [0, 0.05) is 73.1 Å². The van der Waals surface area contributed by atoms with Gasteiger partial charge in [0.05, 0.1) is 20.8 Å². The van der Waals surface area contributed by atoms with Crippen molar-refractivity contribution in [2.24, 2.45) is 5.89 Å². The van der Waals surface area contributed by atoms with E-state index < -0.39 is 99.0 Å². The molecule has 0 fully saturated rings. The number of ether oxygens (including phenoxy) is 1. The van der Waals surface area contributed by atoms with Crippen LogP contribution in [0.1, 0.15) is 122 Å². The number of pyridine rings is 1. The summed E-state index contributed by atoms with van der Waals surface area (Å²) in [6.45, 7) is -15.6. The van der Waals surface area contributed by atoms with Crippen LogP contribution in [0.2, 0.25) is 0 Å². The van der Waals surface area contributed by atoms with Gasteiger partial charge in [-0.2, -0.15) is 18.2 Å². The molecule has 402 valence electrons. The molecular formula is C75H64N4OPt-2. The number of aryl methyl sites for hydroxylation is 2. The van der Waals surface area contributed by atoms with E-state index in [1.165, 1.54) is 30.3 Å². The molecular weight excluding hydrogens is 1170 g/mol. The molecule has 0 radical (unpaired) electrons. The minimum absolute atomic E-state index is 0. The Kier molecular flexibility index (Phi) is 7.56. The van der Waals surface area contributed by atoms with Gasteiger partial charge in [0.1, 0.15) is 5.82 Å². The molecule has 14 rings (SSSR count). The van der Waals surface area contributed by atoms with Crippen LogP contribution in [0.4, 0.5) is 0 Å². The summed E-state index contributed by atoms with van der Waals surface area (Å²) in [5.41, 5.74) is -6.71. The molecule has 1 aliphatic carbocycles. The average molecular weight is 1260 g/mol. The number of fused-ring (bicyclic) bond motifs is 11. The summed E-state index contributed by atoms with van der Waals surface area (Å²) < 4.78 is 233. The third kappa shape index (κ3) is 8.45. The van der Waals surface area contributed by atoms with Gasteiger partial charge >= 0.3 is 0 Å². The summed E-state index contributed by atoms with van der Waals surface area (Å²) in [7, 11) is 0. The molecule has 9 aromatic carbocycles. The van der Waals surface area contributed by atoms with Gasteiger partial charge in [-0.05, 0) is 161 Å². The van der Waals surface area contributed by atoms with Crippen molar-refractivity contribution in [3.05, 3.63) is 234 Å². The molecule has 0 spiro atoms. The van der Waals surface area contributed by atoms with Crippen molar-refractivity contribution in [3.63, 3.8) is 0 Å². The molecule has 0 amide bonds. The zero-order chi connectivity index (χ0) is 75.3. The van der Waals surface area contributed by atoms with Gasteiger partial charge in [-0.3, -0.25) is 4.57 Å². The first-order valence-electron chi connectivity index (χ1n) is 38.1. The van der Waals surface area contributed by atoms with Crippen LogP contribution < -0.4 is 9.30 Å². The molecule has 1 aliphatic heterocycles.